The summed E-state index contributed by atoms with van der Waals surface area (Å²) >= 11 is 0. The normalized spacial score (nSPS) is 25.7. The molecular weight excluding hydrogens is 264 g/mol. The first-order valence-corrected chi connectivity index (χ1v) is 8.11. The zero-order valence-corrected chi connectivity index (χ0v) is 12.5. The maximum absolute atomic E-state index is 12.8. The van der Waals surface area contributed by atoms with E-state index in [9.17, 15) is 8.42 Å². The van der Waals surface area contributed by atoms with E-state index >= 15 is 0 Å². The molecule has 1 aromatic heterocycles. The molecule has 2 atom stereocenters. The molecule has 1 fully saturated rings. The lowest BCUT2D eigenvalue weighted by atomic mass is 10.0. The van der Waals surface area contributed by atoms with Crippen molar-refractivity contribution in [2.75, 3.05) is 0 Å². The fourth-order valence-corrected chi connectivity index (χ4v) is 4.92. The Kier molecular flexibility index (Phi) is 3.98. The SMILES string of the molecule is Cc1[nH]nc(S(=O)(=O)N2[C@H](C)CCC[C@@H]2C)c1CN. The van der Waals surface area contributed by atoms with Crippen molar-refractivity contribution in [1.29, 1.82) is 0 Å². The molecule has 1 aliphatic rings. The molecule has 2 rings (SSSR count). The second-order valence-electron chi connectivity index (χ2n) is 5.30. The van der Waals surface area contributed by atoms with Crippen LogP contribution in [0, 0.1) is 6.92 Å². The number of aromatic amines is 1. The summed E-state index contributed by atoms with van der Waals surface area (Å²) in [4.78, 5) is 0. The minimum atomic E-state index is -3.57. The lowest BCUT2D eigenvalue weighted by Crippen LogP contribution is -2.47. The van der Waals surface area contributed by atoms with Gasteiger partial charge in [-0.05, 0) is 33.6 Å². The molecule has 108 valence electrons. The third-order valence-corrected chi connectivity index (χ3v) is 5.98. The van der Waals surface area contributed by atoms with Gasteiger partial charge in [0.15, 0.2) is 5.03 Å². The van der Waals surface area contributed by atoms with Crippen LogP contribution < -0.4 is 5.73 Å². The Morgan fingerprint density at radius 1 is 1.37 bits per heavy atom. The lowest BCUT2D eigenvalue weighted by molar-refractivity contribution is 0.203. The van der Waals surface area contributed by atoms with Crippen molar-refractivity contribution in [3.8, 4) is 0 Å². The van der Waals surface area contributed by atoms with Crippen molar-refractivity contribution in [3.63, 3.8) is 0 Å². The Morgan fingerprint density at radius 2 is 1.95 bits per heavy atom. The monoisotopic (exact) mass is 286 g/mol. The highest BCUT2D eigenvalue weighted by Crippen LogP contribution is 2.30. The summed E-state index contributed by atoms with van der Waals surface area (Å²) in [5, 5.41) is 6.79. The minimum Gasteiger partial charge on any atom is -0.326 e. The van der Waals surface area contributed by atoms with Gasteiger partial charge in [-0.1, -0.05) is 6.42 Å². The zero-order valence-electron chi connectivity index (χ0n) is 11.7. The van der Waals surface area contributed by atoms with Crippen LogP contribution in [-0.4, -0.2) is 35.0 Å². The van der Waals surface area contributed by atoms with Gasteiger partial charge in [0.05, 0.1) is 0 Å². The maximum atomic E-state index is 12.8. The highest BCUT2D eigenvalue weighted by molar-refractivity contribution is 7.89. The van der Waals surface area contributed by atoms with Crippen molar-refractivity contribution in [2.24, 2.45) is 5.73 Å². The lowest BCUT2D eigenvalue weighted by Gasteiger charge is -2.37. The van der Waals surface area contributed by atoms with Crippen molar-refractivity contribution in [1.82, 2.24) is 14.5 Å². The van der Waals surface area contributed by atoms with E-state index in [1.54, 1.807) is 11.2 Å². The van der Waals surface area contributed by atoms with Crippen LogP contribution in [0.5, 0.6) is 0 Å². The van der Waals surface area contributed by atoms with Crippen molar-refractivity contribution in [3.05, 3.63) is 11.3 Å². The van der Waals surface area contributed by atoms with Crippen LogP contribution in [0.4, 0.5) is 0 Å². The van der Waals surface area contributed by atoms with E-state index in [-0.39, 0.29) is 23.7 Å². The number of hydrogen-bond acceptors (Lipinski definition) is 4. The van der Waals surface area contributed by atoms with Gasteiger partial charge < -0.3 is 5.73 Å². The standard InChI is InChI=1S/C12H22N4O2S/c1-8-5-4-6-9(2)16(8)19(17,18)12-11(7-13)10(3)14-15-12/h8-9H,4-7,13H2,1-3H3,(H,14,15)/t8-,9+. The van der Waals surface area contributed by atoms with Crippen LogP contribution >= 0.6 is 0 Å². The van der Waals surface area contributed by atoms with Gasteiger partial charge in [0, 0.05) is 29.9 Å². The first-order chi connectivity index (χ1) is 8.89. The molecule has 0 amide bonds. The number of nitrogens with two attached hydrogens (primary N) is 1. The number of nitrogens with zero attached hydrogens (tertiary/aromatic N) is 2. The molecule has 0 radical (unpaired) electrons. The number of hydrogen-bond donors (Lipinski definition) is 2. The van der Waals surface area contributed by atoms with Gasteiger partial charge in [-0.2, -0.15) is 9.40 Å². The van der Waals surface area contributed by atoms with Crippen molar-refractivity contribution >= 4 is 10.0 Å². The molecular formula is C12H22N4O2S. The van der Waals surface area contributed by atoms with Gasteiger partial charge in [0.25, 0.3) is 10.0 Å². The molecule has 0 aromatic carbocycles. The Hall–Kier alpha value is -0.920. The van der Waals surface area contributed by atoms with Gasteiger partial charge in [0.2, 0.25) is 0 Å². The fourth-order valence-electron chi connectivity index (χ4n) is 2.85. The number of H-pyrrole nitrogens is 1. The minimum absolute atomic E-state index is 0.0105. The number of aromatic nitrogens is 2. The highest BCUT2D eigenvalue weighted by Gasteiger charge is 2.38. The summed E-state index contributed by atoms with van der Waals surface area (Å²) in [6, 6.07) is 0.0211. The van der Waals surface area contributed by atoms with E-state index in [1.165, 1.54) is 0 Å². The summed E-state index contributed by atoms with van der Waals surface area (Å²) in [6.07, 6.45) is 2.85. The predicted molar refractivity (Wildman–Crippen MR) is 73.0 cm³/mol. The third kappa shape index (κ3) is 2.42. The molecule has 0 unspecified atom stereocenters. The molecule has 2 heterocycles. The van der Waals surface area contributed by atoms with Gasteiger partial charge >= 0.3 is 0 Å². The Morgan fingerprint density at radius 3 is 2.47 bits per heavy atom. The number of aryl methyl sites for hydroxylation is 1. The molecule has 0 aliphatic carbocycles. The molecule has 19 heavy (non-hydrogen) atoms. The average molecular weight is 286 g/mol. The van der Waals surface area contributed by atoms with E-state index in [0.29, 0.717) is 5.56 Å². The summed E-state index contributed by atoms with van der Waals surface area (Å²) in [6.45, 7) is 5.87. The van der Waals surface area contributed by atoms with E-state index in [4.69, 9.17) is 5.73 Å². The molecule has 3 N–H and O–H groups in total. The van der Waals surface area contributed by atoms with E-state index < -0.39 is 10.0 Å². The second kappa shape index (κ2) is 5.22. The predicted octanol–water partition coefficient (Wildman–Crippen LogP) is 1.13. The number of rotatable bonds is 3. The molecule has 6 nitrogen and oxygen atoms in total. The second-order valence-corrected chi connectivity index (χ2v) is 7.06. The molecule has 1 saturated heterocycles. The van der Waals surface area contributed by atoms with Crippen LogP contribution in [-0.2, 0) is 16.6 Å². The number of sulfonamides is 1. The summed E-state index contributed by atoms with van der Waals surface area (Å²) in [7, 11) is -3.57. The fraction of sp³-hybridized carbons (Fsp3) is 0.750. The average Bonchev–Trinajstić information content (AvgIpc) is 2.70. The first kappa shape index (κ1) is 14.5. The van der Waals surface area contributed by atoms with Crippen LogP contribution in [0.15, 0.2) is 5.03 Å². The summed E-state index contributed by atoms with van der Waals surface area (Å²) in [5.41, 5.74) is 6.96. The van der Waals surface area contributed by atoms with Crippen LogP contribution in [0.2, 0.25) is 0 Å². The Balaban J connectivity index is 2.46. The smallest absolute Gasteiger partial charge is 0.263 e. The topological polar surface area (TPSA) is 92.1 Å². The molecule has 0 bridgehead atoms. The van der Waals surface area contributed by atoms with E-state index in [1.807, 2.05) is 13.8 Å². The van der Waals surface area contributed by atoms with E-state index in [2.05, 4.69) is 10.2 Å². The third-order valence-electron chi connectivity index (χ3n) is 3.87. The van der Waals surface area contributed by atoms with Crippen molar-refractivity contribution < 1.29 is 8.42 Å². The highest BCUT2D eigenvalue weighted by atomic mass is 32.2. The van der Waals surface area contributed by atoms with Gasteiger partial charge in [0.1, 0.15) is 0 Å². The van der Waals surface area contributed by atoms with Gasteiger partial charge in [-0.3, -0.25) is 5.10 Å². The van der Waals surface area contributed by atoms with E-state index in [0.717, 1.165) is 25.0 Å². The van der Waals surface area contributed by atoms with Crippen LogP contribution in [0.25, 0.3) is 0 Å². The quantitative estimate of drug-likeness (QED) is 0.871. The Bertz CT molecular complexity index is 542. The van der Waals surface area contributed by atoms with Gasteiger partial charge in [-0.25, -0.2) is 8.42 Å². The summed E-state index contributed by atoms with van der Waals surface area (Å²) < 4.78 is 27.2. The number of piperidine rings is 1. The van der Waals surface area contributed by atoms with Gasteiger partial charge in [-0.15, -0.1) is 0 Å². The molecule has 0 saturated carbocycles. The zero-order chi connectivity index (χ0) is 14.2. The summed E-state index contributed by atoms with van der Waals surface area (Å²) in [5.74, 6) is 0. The maximum Gasteiger partial charge on any atom is 0.263 e. The molecule has 1 aromatic rings. The molecule has 1 aliphatic heterocycles. The van der Waals surface area contributed by atoms with Crippen LogP contribution in [0.3, 0.4) is 0 Å². The van der Waals surface area contributed by atoms with Crippen molar-refractivity contribution in [2.45, 2.75) is 63.7 Å². The molecule has 0 spiro atoms. The molecule has 7 heteroatoms. The number of nitrogens with one attached hydrogen (secondary N) is 1. The largest absolute Gasteiger partial charge is 0.326 e. The Labute approximate surface area is 114 Å². The van der Waals surface area contributed by atoms with Crippen LogP contribution in [0.1, 0.15) is 44.4 Å². The first-order valence-electron chi connectivity index (χ1n) is 6.67.